The van der Waals surface area contributed by atoms with E-state index in [0.717, 1.165) is 23.9 Å². The third kappa shape index (κ3) is 1.32. The molecule has 0 spiro atoms. The highest BCUT2D eigenvalue weighted by molar-refractivity contribution is 7.13. The van der Waals surface area contributed by atoms with Gasteiger partial charge in [-0.3, -0.25) is 0 Å². The number of aromatic nitrogens is 1. The average molecular weight is 183 g/mol. The predicted molar refractivity (Wildman–Crippen MR) is 51.7 cm³/mol. The summed E-state index contributed by atoms with van der Waals surface area (Å²) in [5, 5.41) is 3.18. The first kappa shape index (κ1) is 8.01. The quantitative estimate of drug-likeness (QED) is 0.706. The minimum absolute atomic E-state index is 0.000422. The van der Waals surface area contributed by atoms with Gasteiger partial charge in [0.2, 0.25) is 0 Å². The molecule has 0 saturated carbocycles. The molecule has 2 rings (SSSR count). The second kappa shape index (κ2) is 2.44. The fourth-order valence-corrected chi connectivity index (χ4v) is 2.25. The maximum absolute atomic E-state index is 5.89. The van der Waals surface area contributed by atoms with Crippen LogP contribution in [0.4, 0.5) is 5.13 Å². The summed E-state index contributed by atoms with van der Waals surface area (Å²) in [4.78, 5) is 6.61. The van der Waals surface area contributed by atoms with E-state index in [9.17, 15) is 0 Å². The van der Waals surface area contributed by atoms with Gasteiger partial charge in [0, 0.05) is 24.0 Å². The number of aryl methyl sites for hydroxylation is 1. The molecule has 1 aliphatic rings. The molecule has 0 amide bonds. The first-order chi connectivity index (χ1) is 5.57. The fraction of sp³-hybridized carbons (Fsp3) is 0.625. The van der Waals surface area contributed by atoms with E-state index >= 15 is 0 Å². The first-order valence-corrected chi connectivity index (χ1v) is 4.91. The van der Waals surface area contributed by atoms with E-state index in [0.29, 0.717) is 0 Å². The van der Waals surface area contributed by atoms with Crippen molar-refractivity contribution in [2.45, 2.75) is 19.4 Å². The van der Waals surface area contributed by atoms with Gasteiger partial charge in [-0.1, -0.05) is 0 Å². The Balaban J connectivity index is 2.06. The number of rotatable bonds is 1. The molecule has 0 radical (unpaired) electrons. The standard InChI is InChI=1S/C8H13N3S/c1-6-3-12-7(10-6)11-4-8(2,9)5-11/h3H,4-5,9H2,1-2H3. The third-order valence-corrected chi connectivity index (χ3v) is 3.00. The molecule has 1 aliphatic heterocycles. The van der Waals surface area contributed by atoms with E-state index in [-0.39, 0.29) is 5.54 Å². The summed E-state index contributed by atoms with van der Waals surface area (Å²) in [6.07, 6.45) is 0. The lowest BCUT2D eigenvalue weighted by Gasteiger charge is -2.45. The SMILES string of the molecule is Cc1csc(N2CC(C)(N)C2)n1. The van der Waals surface area contributed by atoms with Crippen molar-refractivity contribution < 1.29 is 0 Å². The van der Waals surface area contributed by atoms with Gasteiger partial charge in [-0.05, 0) is 13.8 Å². The second-order valence-corrected chi connectivity index (χ2v) is 4.62. The number of nitrogens with two attached hydrogens (primary N) is 1. The molecule has 66 valence electrons. The molecule has 1 fully saturated rings. The molecular formula is C8H13N3S. The lowest BCUT2D eigenvalue weighted by atomic mass is 9.95. The van der Waals surface area contributed by atoms with Crippen LogP contribution in [0, 0.1) is 6.92 Å². The molecule has 12 heavy (non-hydrogen) atoms. The molecule has 1 aromatic heterocycles. The molecule has 4 heteroatoms. The second-order valence-electron chi connectivity index (χ2n) is 3.78. The molecule has 0 aromatic carbocycles. The number of thiazole rings is 1. The summed E-state index contributed by atoms with van der Waals surface area (Å²) in [6, 6.07) is 0. The average Bonchev–Trinajstić information content (AvgIpc) is 2.30. The van der Waals surface area contributed by atoms with Crippen LogP contribution in [-0.2, 0) is 0 Å². The van der Waals surface area contributed by atoms with E-state index in [1.165, 1.54) is 0 Å². The number of hydrogen-bond donors (Lipinski definition) is 1. The van der Waals surface area contributed by atoms with Crippen LogP contribution in [0.15, 0.2) is 5.38 Å². The van der Waals surface area contributed by atoms with Gasteiger partial charge in [0.05, 0.1) is 5.69 Å². The highest BCUT2D eigenvalue weighted by Gasteiger charge is 2.36. The Labute approximate surface area is 76.2 Å². The zero-order chi connectivity index (χ0) is 8.77. The van der Waals surface area contributed by atoms with Gasteiger partial charge in [-0.15, -0.1) is 11.3 Å². The smallest absolute Gasteiger partial charge is 0.185 e. The van der Waals surface area contributed by atoms with Gasteiger partial charge in [0.25, 0.3) is 0 Å². The van der Waals surface area contributed by atoms with Crippen molar-refractivity contribution in [1.82, 2.24) is 4.98 Å². The maximum atomic E-state index is 5.89. The van der Waals surface area contributed by atoms with E-state index in [2.05, 4.69) is 22.2 Å². The Morgan fingerprint density at radius 3 is 2.75 bits per heavy atom. The summed E-state index contributed by atoms with van der Waals surface area (Å²) in [5.74, 6) is 0. The summed E-state index contributed by atoms with van der Waals surface area (Å²) in [6.45, 7) is 5.95. The van der Waals surface area contributed by atoms with Gasteiger partial charge in [-0.2, -0.15) is 0 Å². The zero-order valence-electron chi connectivity index (χ0n) is 7.37. The van der Waals surface area contributed by atoms with Crippen molar-refractivity contribution in [1.29, 1.82) is 0 Å². The zero-order valence-corrected chi connectivity index (χ0v) is 8.19. The summed E-state index contributed by atoms with van der Waals surface area (Å²) >= 11 is 1.69. The lowest BCUT2D eigenvalue weighted by Crippen LogP contribution is -2.65. The molecule has 2 N–H and O–H groups in total. The topological polar surface area (TPSA) is 42.1 Å². The Hall–Kier alpha value is -0.610. The van der Waals surface area contributed by atoms with Crippen molar-refractivity contribution in [2.75, 3.05) is 18.0 Å². The van der Waals surface area contributed by atoms with Crippen molar-refractivity contribution in [3.63, 3.8) is 0 Å². The molecular weight excluding hydrogens is 170 g/mol. The normalized spacial score (nSPS) is 20.8. The Kier molecular flexibility index (Phi) is 1.63. The number of hydrogen-bond acceptors (Lipinski definition) is 4. The van der Waals surface area contributed by atoms with Crippen LogP contribution < -0.4 is 10.6 Å². The first-order valence-electron chi connectivity index (χ1n) is 4.03. The van der Waals surface area contributed by atoms with Crippen LogP contribution >= 0.6 is 11.3 Å². The van der Waals surface area contributed by atoms with Gasteiger partial charge < -0.3 is 10.6 Å². The minimum Gasteiger partial charge on any atom is -0.344 e. The molecule has 1 aromatic rings. The van der Waals surface area contributed by atoms with E-state index in [1.807, 2.05) is 6.92 Å². The Bertz CT molecular complexity index is 284. The van der Waals surface area contributed by atoms with Gasteiger partial charge >= 0.3 is 0 Å². The highest BCUT2D eigenvalue weighted by atomic mass is 32.1. The Morgan fingerprint density at radius 1 is 1.67 bits per heavy atom. The van der Waals surface area contributed by atoms with Crippen LogP contribution in [0.1, 0.15) is 12.6 Å². The third-order valence-electron chi connectivity index (χ3n) is 1.98. The van der Waals surface area contributed by atoms with E-state index in [4.69, 9.17) is 5.73 Å². The van der Waals surface area contributed by atoms with Gasteiger partial charge in [0.1, 0.15) is 0 Å². The Morgan fingerprint density at radius 2 is 2.33 bits per heavy atom. The molecule has 2 heterocycles. The molecule has 0 unspecified atom stereocenters. The van der Waals surface area contributed by atoms with Crippen molar-refractivity contribution in [2.24, 2.45) is 5.73 Å². The monoisotopic (exact) mass is 183 g/mol. The van der Waals surface area contributed by atoms with Crippen molar-refractivity contribution in [3.8, 4) is 0 Å². The largest absolute Gasteiger partial charge is 0.344 e. The molecule has 0 bridgehead atoms. The van der Waals surface area contributed by atoms with Gasteiger partial charge in [-0.25, -0.2) is 4.98 Å². The minimum atomic E-state index is -0.000422. The van der Waals surface area contributed by atoms with Gasteiger partial charge in [0.15, 0.2) is 5.13 Å². The summed E-state index contributed by atoms with van der Waals surface area (Å²) in [7, 11) is 0. The van der Waals surface area contributed by atoms with Crippen LogP contribution in [0.25, 0.3) is 0 Å². The predicted octanol–water partition coefficient (Wildman–Crippen LogP) is 0.989. The lowest BCUT2D eigenvalue weighted by molar-refractivity contribution is 0.365. The van der Waals surface area contributed by atoms with E-state index < -0.39 is 0 Å². The van der Waals surface area contributed by atoms with Crippen LogP contribution in [0.2, 0.25) is 0 Å². The molecule has 0 atom stereocenters. The molecule has 3 nitrogen and oxygen atoms in total. The van der Waals surface area contributed by atoms with Crippen LogP contribution in [0.5, 0.6) is 0 Å². The van der Waals surface area contributed by atoms with E-state index in [1.54, 1.807) is 11.3 Å². The number of anilines is 1. The van der Waals surface area contributed by atoms with Crippen LogP contribution in [-0.4, -0.2) is 23.6 Å². The molecule has 1 saturated heterocycles. The highest BCUT2D eigenvalue weighted by Crippen LogP contribution is 2.28. The van der Waals surface area contributed by atoms with Crippen LogP contribution in [0.3, 0.4) is 0 Å². The molecule has 0 aliphatic carbocycles. The number of nitrogens with zero attached hydrogens (tertiary/aromatic N) is 2. The fourth-order valence-electron chi connectivity index (χ4n) is 1.45. The summed E-state index contributed by atoms with van der Waals surface area (Å²) < 4.78 is 0. The maximum Gasteiger partial charge on any atom is 0.185 e. The van der Waals surface area contributed by atoms with Crippen molar-refractivity contribution in [3.05, 3.63) is 11.1 Å². The summed E-state index contributed by atoms with van der Waals surface area (Å²) in [5.41, 5.74) is 6.99. The van der Waals surface area contributed by atoms with Crippen molar-refractivity contribution >= 4 is 16.5 Å².